The highest BCUT2D eigenvalue weighted by Gasteiger charge is 2.39. The van der Waals surface area contributed by atoms with Gasteiger partial charge in [0.25, 0.3) is 0 Å². The Balaban J connectivity index is 1.75. The Morgan fingerprint density at radius 1 is 0.619 bits per heavy atom. The number of hydrogen-bond donors (Lipinski definition) is 0. The second kappa shape index (κ2) is 5.37. The molecule has 2 bridgehead atoms. The normalized spacial score (nSPS) is 27.6. The Hall–Kier alpha value is -2.08. The minimum atomic E-state index is 0.783. The van der Waals surface area contributed by atoms with E-state index in [0.717, 1.165) is 11.8 Å². The van der Waals surface area contributed by atoms with Crippen LogP contribution in [0.25, 0.3) is 12.2 Å². The largest absolute Gasteiger partial charge is 0.0622 e. The fourth-order valence-corrected chi connectivity index (χ4v) is 3.88. The predicted molar refractivity (Wildman–Crippen MR) is 89.7 cm³/mol. The van der Waals surface area contributed by atoms with E-state index in [0.29, 0.717) is 0 Å². The van der Waals surface area contributed by atoms with Crippen molar-refractivity contribution in [2.24, 2.45) is 11.8 Å². The van der Waals surface area contributed by atoms with Crippen molar-refractivity contribution in [3.05, 3.63) is 82.9 Å². The lowest BCUT2D eigenvalue weighted by Crippen LogP contribution is -2.02. The fourth-order valence-electron chi connectivity index (χ4n) is 3.88. The van der Waals surface area contributed by atoms with Gasteiger partial charge in [-0.05, 0) is 53.4 Å². The van der Waals surface area contributed by atoms with Crippen molar-refractivity contribution in [2.75, 3.05) is 0 Å². The Labute approximate surface area is 126 Å². The van der Waals surface area contributed by atoms with Crippen LogP contribution >= 0.6 is 0 Å². The van der Waals surface area contributed by atoms with Crippen molar-refractivity contribution in [1.29, 1.82) is 0 Å². The van der Waals surface area contributed by atoms with Gasteiger partial charge in [-0.3, -0.25) is 0 Å². The molecule has 21 heavy (non-hydrogen) atoms. The summed E-state index contributed by atoms with van der Waals surface area (Å²) in [4.78, 5) is 0. The topological polar surface area (TPSA) is 0 Å². The van der Waals surface area contributed by atoms with Crippen molar-refractivity contribution in [3.63, 3.8) is 0 Å². The predicted octanol–water partition coefficient (Wildman–Crippen LogP) is 5.58. The molecule has 0 aliphatic heterocycles. The highest BCUT2D eigenvalue weighted by atomic mass is 14.4. The summed E-state index contributed by atoms with van der Waals surface area (Å²) in [6, 6.07) is 21.5. The molecule has 2 aliphatic rings. The quantitative estimate of drug-likeness (QED) is 0.669. The zero-order valence-electron chi connectivity index (χ0n) is 12.2. The number of rotatable bonds is 2. The lowest BCUT2D eigenvalue weighted by atomic mass is 9.87. The summed E-state index contributed by atoms with van der Waals surface area (Å²) in [5.41, 5.74) is 5.83. The van der Waals surface area contributed by atoms with Gasteiger partial charge >= 0.3 is 0 Å². The summed E-state index contributed by atoms with van der Waals surface area (Å²) in [6.45, 7) is 0. The van der Waals surface area contributed by atoms with Crippen LogP contribution in [0.3, 0.4) is 0 Å². The van der Waals surface area contributed by atoms with Gasteiger partial charge in [-0.15, -0.1) is 0 Å². The zero-order valence-corrected chi connectivity index (χ0v) is 12.2. The van der Waals surface area contributed by atoms with Gasteiger partial charge in [0.2, 0.25) is 0 Å². The van der Waals surface area contributed by atoms with Crippen molar-refractivity contribution in [3.8, 4) is 0 Å². The van der Waals surface area contributed by atoms with Crippen molar-refractivity contribution < 1.29 is 0 Å². The van der Waals surface area contributed by atoms with Gasteiger partial charge in [0.1, 0.15) is 0 Å². The van der Waals surface area contributed by atoms with Crippen molar-refractivity contribution in [2.45, 2.75) is 19.3 Å². The van der Waals surface area contributed by atoms with Gasteiger partial charge < -0.3 is 0 Å². The van der Waals surface area contributed by atoms with Crippen LogP contribution in [0.2, 0.25) is 0 Å². The molecule has 4 rings (SSSR count). The monoisotopic (exact) mass is 272 g/mol. The maximum Gasteiger partial charge on any atom is -0.0153 e. The molecule has 0 amide bonds. The highest BCUT2D eigenvalue weighted by molar-refractivity contribution is 5.69. The van der Waals surface area contributed by atoms with E-state index in [4.69, 9.17) is 0 Å². The van der Waals surface area contributed by atoms with Gasteiger partial charge in [-0.2, -0.15) is 0 Å². The van der Waals surface area contributed by atoms with Gasteiger partial charge in [0.05, 0.1) is 0 Å². The Morgan fingerprint density at radius 3 is 1.48 bits per heavy atom. The third kappa shape index (κ3) is 2.47. The van der Waals surface area contributed by atoms with Crippen LogP contribution in [0.5, 0.6) is 0 Å². The van der Waals surface area contributed by atoms with Gasteiger partial charge in [-0.25, -0.2) is 0 Å². The van der Waals surface area contributed by atoms with Crippen molar-refractivity contribution in [1.82, 2.24) is 0 Å². The highest BCUT2D eigenvalue weighted by Crippen LogP contribution is 2.52. The molecule has 0 saturated heterocycles. The number of fused-ring (bicyclic) bond motifs is 2. The van der Waals surface area contributed by atoms with E-state index in [1.165, 1.54) is 30.4 Å². The van der Waals surface area contributed by atoms with E-state index < -0.39 is 0 Å². The molecule has 0 heterocycles. The first-order valence-corrected chi connectivity index (χ1v) is 7.94. The maximum absolute atomic E-state index is 2.42. The fraction of sp³-hybridized carbons (Fsp3) is 0.238. The van der Waals surface area contributed by atoms with Crippen LogP contribution in [0.1, 0.15) is 30.4 Å². The first kappa shape index (κ1) is 12.6. The molecular weight excluding hydrogens is 252 g/mol. The van der Waals surface area contributed by atoms with E-state index >= 15 is 0 Å². The molecular formula is C21H20. The van der Waals surface area contributed by atoms with Crippen molar-refractivity contribution >= 4 is 12.2 Å². The van der Waals surface area contributed by atoms with E-state index in [-0.39, 0.29) is 0 Å². The van der Waals surface area contributed by atoms with Crippen LogP contribution in [0, 0.1) is 11.8 Å². The zero-order chi connectivity index (χ0) is 14.1. The van der Waals surface area contributed by atoms with Gasteiger partial charge in [0.15, 0.2) is 0 Å². The molecule has 0 radical (unpaired) electrons. The molecule has 2 aliphatic carbocycles. The lowest BCUT2D eigenvalue weighted by molar-refractivity contribution is 0.660. The first-order chi connectivity index (χ1) is 10.4. The minimum Gasteiger partial charge on any atom is -0.0622 e. The average Bonchev–Trinajstić information content (AvgIpc) is 3.13. The maximum atomic E-state index is 2.42. The standard InChI is InChI=1S/C21H20/c1-3-7-16(8-4-1)13-20-18-11-12-19(15-18)21(20)14-17-9-5-2-6-10-17/h1-10,13-14,18-19H,11-12,15H2. The van der Waals surface area contributed by atoms with Crippen LogP contribution in [0.15, 0.2) is 71.8 Å². The summed E-state index contributed by atoms with van der Waals surface area (Å²) in [5, 5.41) is 0. The first-order valence-electron chi connectivity index (χ1n) is 7.94. The summed E-state index contributed by atoms with van der Waals surface area (Å²) in [5.74, 6) is 1.57. The average molecular weight is 272 g/mol. The molecule has 2 fully saturated rings. The van der Waals surface area contributed by atoms with E-state index in [1.807, 2.05) is 0 Å². The van der Waals surface area contributed by atoms with E-state index in [9.17, 15) is 0 Å². The number of benzene rings is 2. The SMILES string of the molecule is C(=C1C(=Cc2ccccc2)C2CCC1C2)c1ccccc1. The smallest absolute Gasteiger partial charge is 0.0153 e. The molecule has 2 aromatic rings. The van der Waals surface area contributed by atoms with Crippen LogP contribution in [0.4, 0.5) is 0 Å². The van der Waals surface area contributed by atoms with Gasteiger partial charge in [-0.1, -0.05) is 72.8 Å². The van der Waals surface area contributed by atoms with Gasteiger partial charge in [0, 0.05) is 0 Å². The molecule has 2 atom stereocenters. The molecule has 2 unspecified atom stereocenters. The third-order valence-electron chi connectivity index (χ3n) is 4.89. The van der Waals surface area contributed by atoms with E-state index in [2.05, 4.69) is 72.8 Å². The molecule has 0 spiro atoms. The third-order valence-corrected chi connectivity index (χ3v) is 4.89. The molecule has 0 aromatic heterocycles. The lowest BCUT2D eigenvalue weighted by Gasteiger charge is -2.18. The summed E-state index contributed by atoms with van der Waals surface area (Å²) in [7, 11) is 0. The number of hydrogen-bond acceptors (Lipinski definition) is 0. The van der Waals surface area contributed by atoms with E-state index in [1.54, 1.807) is 11.1 Å². The second-order valence-corrected chi connectivity index (χ2v) is 6.23. The summed E-state index contributed by atoms with van der Waals surface area (Å²) >= 11 is 0. The Bertz CT molecular complexity index is 615. The molecule has 104 valence electrons. The second-order valence-electron chi connectivity index (χ2n) is 6.23. The molecule has 0 N–H and O–H groups in total. The van der Waals surface area contributed by atoms with Crippen LogP contribution < -0.4 is 0 Å². The molecule has 2 saturated carbocycles. The van der Waals surface area contributed by atoms with Crippen LogP contribution in [-0.2, 0) is 0 Å². The van der Waals surface area contributed by atoms with Crippen LogP contribution in [-0.4, -0.2) is 0 Å². The molecule has 0 nitrogen and oxygen atoms in total. The Kier molecular flexibility index (Phi) is 3.23. The molecule has 0 heteroatoms. The minimum absolute atomic E-state index is 0.783. The summed E-state index contributed by atoms with van der Waals surface area (Å²) < 4.78 is 0. The Morgan fingerprint density at radius 2 is 1.05 bits per heavy atom. The summed E-state index contributed by atoms with van der Waals surface area (Å²) in [6.07, 6.45) is 8.93. The number of allylic oxidation sites excluding steroid dienone is 2. The molecule has 2 aromatic carbocycles.